The van der Waals surface area contributed by atoms with Crippen LogP contribution in [-0.4, -0.2) is 22.9 Å². The lowest BCUT2D eigenvalue weighted by molar-refractivity contribution is -0.128. The summed E-state index contributed by atoms with van der Waals surface area (Å²) in [4.78, 5) is 15.0. The maximum atomic E-state index is 12.7. The van der Waals surface area contributed by atoms with Crippen molar-refractivity contribution in [2.24, 2.45) is 17.8 Å². The molecule has 4 saturated carbocycles. The molecule has 0 spiro atoms. The Bertz CT molecular complexity index is 648. The molecule has 1 aromatic carbocycles. The van der Waals surface area contributed by atoms with Gasteiger partial charge in [0.05, 0.1) is 6.54 Å². The lowest BCUT2D eigenvalue weighted by Gasteiger charge is -2.57. The minimum atomic E-state index is 0.128. The molecular formula is C20H27N3O. The van der Waals surface area contributed by atoms with E-state index >= 15 is 0 Å². The topological polar surface area (TPSA) is 58.4 Å². The van der Waals surface area contributed by atoms with Gasteiger partial charge in [-0.15, -0.1) is 0 Å². The van der Waals surface area contributed by atoms with Crippen molar-refractivity contribution in [1.29, 1.82) is 0 Å². The Hall–Kier alpha value is -1.55. The second-order valence-electron chi connectivity index (χ2n) is 8.92. The van der Waals surface area contributed by atoms with E-state index in [4.69, 9.17) is 5.73 Å². The summed E-state index contributed by atoms with van der Waals surface area (Å²) >= 11 is 0. The van der Waals surface area contributed by atoms with Gasteiger partial charge in [-0.3, -0.25) is 9.69 Å². The predicted octanol–water partition coefficient (Wildman–Crippen LogP) is 2.67. The van der Waals surface area contributed by atoms with Crippen LogP contribution in [0.5, 0.6) is 0 Å². The van der Waals surface area contributed by atoms with Crippen LogP contribution in [0.3, 0.4) is 0 Å². The molecule has 3 N–H and O–H groups in total. The zero-order valence-electron chi connectivity index (χ0n) is 14.3. The second-order valence-corrected chi connectivity index (χ2v) is 8.92. The molecule has 0 unspecified atom stereocenters. The Balaban J connectivity index is 1.23. The fraction of sp³-hybridized carbons (Fsp3) is 0.650. The van der Waals surface area contributed by atoms with Gasteiger partial charge in [0, 0.05) is 24.3 Å². The molecule has 0 aromatic heterocycles. The van der Waals surface area contributed by atoms with Gasteiger partial charge in [-0.25, -0.2) is 0 Å². The first kappa shape index (κ1) is 14.8. The van der Waals surface area contributed by atoms with Gasteiger partial charge in [0.15, 0.2) is 0 Å². The molecule has 0 radical (unpaired) electrons. The number of nitrogens with one attached hydrogen (secondary N) is 1. The van der Waals surface area contributed by atoms with Gasteiger partial charge in [-0.1, -0.05) is 6.07 Å². The number of nitrogen functional groups attached to an aromatic ring is 1. The predicted molar refractivity (Wildman–Crippen MR) is 94.0 cm³/mol. The van der Waals surface area contributed by atoms with Gasteiger partial charge in [-0.2, -0.15) is 0 Å². The first-order valence-electron chi connectivity index (χ1n) is 9.48. The third-order valence-corrected chi connectivity index (χ3v) is 6.83. The molecule has 6 rings (SSSR count). The van der Waals surface area contributed by atoms with Crippen LogP contribution in [0.15, 0.2) is 18.2 Å². The molecule has 4 aliphatic carbocycles. The minimum absolute atomic E-state index is 0.128. The molecule has 0 saturated heterocycles. The molecule has 0 atom stereocenters. The van der Waals surface area contributed by atoms with Crippen LogP contribution in [0.4, 0.5) is 5.69 Å². The van der Waals surface area contributed by atoms with Gasteiger partial charge in [-0.05, 0) is 79.5 Å². The molecule has 1 amide bonds. The monoisotopic (exact) mass is 325 g/mol. The number of amides is 1. The number of hydrogen-bond acceptors (Lipinski definition) is 3. The first-order valence-corrected chi connectivity index (χ1v) is 9.48. The van der Waals surface area contributed by atoms with Gasteiger partial charge < -0.3 is 11.1 Å². The van der Waals surface area contributed by atoms with Crippen LogP contribution in [0, 0.1) is 17.8 Å². The highest BCUT2D eigenvalue weighted by Gasteiger charge is 2.51. The summed E-state index contributed by atoms with van der Waals surface area (Å²) in [5.41, 5.74) is 9.40. The molecule has 4 nitrogen and oxygen atoms in total. The number of hydrogen-bond donors (Lipinski definition) is 2. The van der Waals surface area contributed by atoms with Gasteiger partial charge in [0.2, 0.25) is 5.91 Å². The van der Waals surface area contributed by atoms with Gasteiger partial charge >= 0.3 is 0 Å². The van der Waals surface area contributed by atoms with E-state index in [1.165, 1.54) is 49.7 Å². The largest absolute Gasteiger partial charge is 0.399 e. The molecule has 1 aliphatic heterocycles. The Morgan fingerprint density at radius 3 is 2.38 bits per heavy atom. The van der Waals surface area contributed by atoms with E-state index in [0.717, 1.165) is 36.5 Å². The van der Waals surface area contributed by atoms with E-state index in [1.807, 2.05) is 12.1 Å². The van der Waals surface area contributed by atoms with Crippen LogP contribution in [0.25, 0.3) is 0 Å². The number of fused-ring (bicyclic) bond motifs is 1. The molecule has 1 aromatic rings. The van der Waals surface area contributed by atoms with E-state index in [1.54, 1.807) is 0 Å². The molecule has 5 aliphatic rings. The molecule has 128 valence electrons. The van der Waals surface area contributed by atoms with Gasteiger partial charge in [0.1, 0.15) is 0 Å². The van der Waals surface area contributed by atoms with Crippen molar-refractivity contribution in [3.63, 3.8) is 0 Å². The summed E-state index contributed by atoms with van der Waals surface area (Å²) in [7, 11) is 0. The summed E-state index contributed by atoms with van der Waals surface area (Å²) in [5, 5.41) is 3.48. The number of nitrogens with two attached hydrogens (primary N) is 1. The summed E-state index contributed by atoms with van der Waals surface area (Å²) in [6.45, 7) is 2.22. The Kier molecular flexibility index (Phi) is 3.21. The number of rotatable bonds is 3. The van der Waals surface area contributed by atoms with Crippen molar-refractivity contribution in [3.8, 4) is 0 Å². The van der Waals surface area contributed by atoms with Crippen LogP contribution in [-0.2, 0) is 17.9 Å². The average Bonchev–Trinajstić information content (AvgIpc) is 2.85. The van der Waals surface area contributed by atoms with E-state index in [2.05, 4.69) is 16.3 Å². The zero-order valence-corrected chi connectivity index (χ0v) is 14.3. The van der Waals surface area contributed by atoms with Crippen LogP contribution < -0.4 is 11.1 Å². The van der Waals surface area contributed by atoms with Gasteiger partial charge in [0.25, 0.3) is 0 Å². The van der Waals surface area contributed by atoms with E-state index < -0.39 is 0 Å². The smallest absolute Gasteiger partial charge is 0.234 e. The maximum absolute atomic E-state index is 12.7. The number of benzene rings is 1. The lowest BCUT2D eigenvalue weighted by atomic mass is 9.53. The van der Waals surface area contributed by atoms with Crippen molar-refractivity contribution < 1.29 is 4.79 Å². The maximum Gasteiger partial charge on any atom is 0.234 e. The zero-order chi connectivity index (χ0) is 16.3. The SMILES string of the molecule is Nc1ccc2c(c1)CN(CC(=O)NC13CC4CC(CC(C4)C1)C3)C2. The van der Waals surface area contributed by atoms with Crippen molar-refractivity contribution in [2.75, 3.05) is 12.3 Å². The number of nitrogens with zero attached hydrogens (tertiary/aromatic N) is 1. The highest BCUT2D eigenvalue weighted by Crippen LogP contribution is 2.55. The molecule has 1 heterocycles. The second kappa shape index (κ2) is 5.22. The summed E-state index contributed by atoms with van der Waals surface area (Å²) in [5.74, 6) is 2.83. The van der Waals surface area contributed by atoms with Crippen LogP contribution in [0.2, 0.25) is 0 Å². The molecule has 4 fully saturated rings. The summed E-state index contributed by atoms with van der Waals surface area (Å²) in [6.07, 6.45) is 7.92. The highest BCUT2D eigenvalue weighted by atomic mass is 16.2. The summed E-state index contributed by atoms with van der Waals surface area (Å²) in [6, 6.07) is 6.10. The fourth-order valence-electron chi connectivity index (χ4n) is 6.40. The molecule has 4 heteroatoms. The Morgan fingerprint density at radius 2 is 1.71 bits per heavy atom. The third kappa shape index (κ3) is 2.52. The van der Waals surface area contributed by atoms with E-state index in [0.29, 0.717) is 6.54 Å². The number of carbonyl (C=O) groups excluding carboxylic acids is 1. The minimum Gasteiger partial charge on any atom is -0.399 e. The Morgan fingerprint density at radius 1 is 1.08 bits per heavy atom. The van der Waals surface area contributed by atoms with Crippen LogP contribution >= 0.6 is 0 Å². The van der Waals surface area contributed by atoms with Crippen molar-refractivity contribution >= 4 is 11.6 Å². The quantitative estimate of drug-likeness (QED) is 0.840. The fourth-order valence-corrected chi connectivity index (χ4v) is 6.40. The van der Waals surface area contributed by atoms with Crippen molar-refractivity contribution in [2.45, 2.75) is 57.2 Å². The van der Waals surface area contributed by atoms with Crippen molar-refractivity contribution in [1.82, 2.24) is 10.2 Å². The average molecular weight is 325 g/mol. The lowest BCUT2D eigenvalue weighted by Crippen LogP contribution is -2.60. The molecular weight excluding hydrogens is 298 g/mol. The normalized spacial score (nSPS) is 36.8. The van der Waals surface area contributed by atoms with E-state index in [-0.39, 0.29) is 11.4 Å². The molecule has 4 bridgehead atoms. The highest BCUT2D eigenvalue weighted by molar-refractivity contribution is 5.79. The number of carbonyl (C=O) groups is 1. The number of anilines is 1. The van der Waals surface area contributed by atoms with Crippen LogP contribution in [0.1, 0.15) is 49.7 Å². The Labute approximate surface area is 143 Å². The third-order valence-electron chi connectivity index (χ3n) is 6.83. The summed E-state index contributed by atoms with van der Waals surface area (Å²) < 4.78 is 0. The van der Waals surface area contributed by atoms with Crippen molar-refractivity contribution in [3.05, 3.63) is 29.3 Å². The van der Waals surface area contributed by atoms with E-state index in [9.17, 15) is 4.79 Å². The first-order chi connectivity index (χ1) is 11.6. The standard InChI is InChI=1S/C20H27N3O/c21-18-2-1-16-10-23(11-17(16)6-18)12-19(24)22-20-7-13-3-14(8-20)5-15(4-13)9-20/h1-2,6,13-15H,3-5,7-12,21H2,(H,22,24). The molecule has 24 heavy (non-hydrogen) atoms.